The summed E-state index contributed by atoms with van der Waals surface area (Å²) >= 11 is 0. The molecular weight excluding hydrogens is 257 g/mol. The number of benzene rings is 2. The van der Waals surface area contributed by atoms with Crippen molar-refractivity contribution in [1.82, 2.24) is 0 Å². The highest BCUT2D eigenvalue weighted by atomic mass is 19.1. The van der Waals surface area contributed by atoms with E-state index in [9.17, 15) is 9.18 Å². The Morgan fingerprint density at radius 2 is 1.85 bits per heavy atom. The smallest absolute Gasteiger partial charge is 0.258 e. The van der Waals surface area contributed by atoms with Crippen LogP contribution in [0.3, 0.4) is 0 Å². The molecule has 2 aromatic rings. The van der Waals surface area contributed by atoms with Crippen LogP contribution in [-0.2, 0) is 0 Å². The zero-order valence-electron chi connectivity index (χ0n) is 10.6. The van der Waals surface area contributed by atoms with Gasteiger partial charge in [-0.2, -0.15) is 0 Å². The number of carbonyl (C=O) groups is 1. The molecule has 0 heterocycles. The highest BCUT2D eigenvalue weighted by Crippen LogP contribution is 2.12. The van der Waals surface area contributed by atoms with E-state index in [4.69, 9.17) is 5.11 Å². The molecule has 0 atom stereocenters. The van der Waals surface area contributed by atoms with Crippen LogP contribution in [0.25, 0.3) is 0 Å². The van der Waals surface area contributed by atoms with Crippen LogP contribution in [-0.4, -0.2) is 17.6 Å². The van der Waals surface area contributed by atoms with Crippen LogP contribution in [0.5, 0.6) is 0 Å². The van der Waals surface area contributed by atoms with Gasteiger partial charge in [-0.3, -0.25) is 4.79 Å². The fraction of sp³-hybridized carbons (Fsp3) is 0.0625. The van der Waals surface area contributed by atoms with Gasteiger partial charge in [-0.15, -0.1) is 0 Å². The number of rotatable bonds is 2. The Balaban J connectivity index is 2.11. The average molecular weight is 269 g/mol. The topological polar surface area (TPSA) is 49.3 Å². The summed E-state index contributed by atoms with van der Waals surface area (Å²) in [6, 6.07) is 12.5. The van der Waals surface area contributed by atoms with Crippen LogP contribution in [0.15, 0.2) is 48.5 Å². The fourth-order valence-electron chi connectivity index (χ4n) is 1.62. The summed E-state index contributed by atoms with van der Waals surface area (Å²) in [4.78, 5) is 11.9. The number of carbonyl (C=O) groups excluding carboxylic acids is 1. The first kappa shape index (κ1) is 13.8. The minimum absolute atomic E-state index is 0.00310. The number of halogens is 1. The van der Waals surface area contributed by atoms with Crippen molar-refractivity contribution in [3.8, 4) is 11.8 Å². The Kier molecular flexibility index (Phi) is 4.48. The molecule has 0 saturated heterocycles. The van der Waals surface area contributed by atoms with Crippen molar-refractivity contribution in [1.29, 1.82) is 0 Å². The van der Waals surface area contributed by atoms with Gasteiger partial charge >= 0.3 is 0 Å². The van der Waals surface area contributed by atoms with Crippen LogP contribution >= 0.6 is 0 Å². The van der Waals surface area contributed by atoms with E-state index in [1.807, 2.05) is 0 Å². The number of nitrogens with one attached hydrogen (secondary N) is 1. The molecule has 3 nitrogen and oxygen atoms in total. The van der Waals surface area contributed by atoms with Crippen molar-refractivity contribution < 1.29 is 14.3 Å². The van der Waals surface area contributed by atoms with Gasteiger partial charge in [0.2, 0.25) is 0 Å². The van der Waals surface area contributed by atoms with Gasteiger partial charge in [0.25, 0.3) is 5.91 Å². The van der Waals surface area contributed by atoms with Gasteiger partial charge in [0.15, 0.2) is 0 Å². The minimum atomic E-state index is -0.560. The summed E-state index contributed by atoms with van der Waals surface area (Å²) in [7, 11) is 0. The largest absolute Gasteiger partial charge is 0.384 e. The third-order valence-corrected chi connectivity index (χ3v) is 2.57. The summed E-state index contributed by atoms with van der Waals surface area (Å²) in [5, 5.41) is 11.2. The summed E-state index contributed by atoms with van der Waals surface area (Å²) in [5.74, 6) is 4.21. The van der Waals surface area contributed by atoms with Gasteiger partial charge in [-0.25, -0.2) is 4.39 Å². The maximum Gasteiger partial charge on any atom is 0.258 e. The second-order valence-corrected chi connectivity index (χ2v) is 3.97. The number of aliphatic hydroxyl groups is 1. The molecule has 0 saturated carbocycles. The second kappa shape index (κ2) is 6.50. The van der Waals surface area contributed by atoms with Gasteiger partial charge in [-0.1, -0.05) is 24.0 Å². The van der Waals surface area contributed by atoms with Crippen LogP contribution in [0.4, 0.5) is 10.1 Å². The predicted octanol–water partition coefficient (Wildman–Crippen LogP) is 2.42. The molecule has 4 heteroatoms. The first-order valence-electron chi connectivity index (χ1n) is 5.96. The Labute approximate surface area is 116 Å². The molecule has 0 bridgehead atoms. The first-order chi connectivity index (χ1) is 9.70. The fourth-order valence-corrected chi connectivity index (χ4v) is 1.62. The van der Waals surface area contributed by atoms with Gasteiger partial charge in [0, 0.05) is 11.3 Å². The molecule has 20 heavy (non-hydrogen) atoms. The van der Waals surface area contributed by atoms with Crippen molar-refractivity contribution in [2.24, 2.45) is 0 Å². The highest BCUT2D eigenvalue weighted by molar-refractivity contribution is 6.04. The average Bonchev–Trinajstić information content (AvgIpc) is 2.47. The lowest BCUT2D eigenvalue weighted by atomic mass is 10.1. The molecule has 0 unspecified atom stereocenters. The lowest BCUT2D eigenvalue weighted by Gasteiger charge is -2.06. The molecule has 0 radical (unpaired) electrons. The quantitative estimate of drug-likeness (QED) is 0.823. The van der Waals surface area contributed by atoms with Crippen molar-refractivity contribution in [3.63, 3.8) is 0 Å². The molecular formula is C16H12FNO2. The van der Waals surface area contributed by atoms with Crippen molar-refractivity contribution in [3.05, 3.63) is 65.5 Å². The Morgan fingerprint density at radius 3 is 2.50 bits per heavy atom. The van der Waals surface area contributed by atoms with Crippen LogP contribution in [0, 0.1) is 17.7 Å². The van der Waals surface area contributed by atoms with Gasteiger partial charge < -0.3 is 10.4 Å². The molecule has 1 amide bonds. The maximum absolute atomic E-state index is 13.4. The van der Waals surface area contributed by atoms with Crippen LogP contribution < -0.4 is 5.32 Å². The maximum atomic E-state index is 13.4. The van der Waals surface area contributed by atoms with Crippen LogP contribution in [0.2, 0.25) is 0 Å². The zero-order valence-corrected chi connectivity index (χ0v) is 10.6. The zero-order chi connectivity index (χ0) is 14.4. The van der Waals surface area contributed by atoms with E-state index in [2.05, 4.69) is 17.2 Å². The minimum Gasteiger partial charge on any atom is -0.384 e. The normalized spacial score (nSPS) is 9.50. The van der Waals surface area contributed by atoms with Crippen LogP contribution in [0.1, 0.15) is 15.9 Å². The van der Waals surface area contributed by atoms with E-state index in [-0.39, 0.29) is 12.2 Å². The van der Waals surface area contributed by atoms with E-state index >= 15 is 0 Å². The highest BCUT2D eigenvalue weighted by Gasteiger charge is 2.10. The lowest BCUT2D eigenvalue weighted by molar-refractivity contribution is 0.102. The molecule has 0 aliphatic rings. The Hall–Kier alpha value is -2.64. The number of amides is 1. The van der Waals surface area contributed by atoms with E-state index in [1.165, 1.54) is 18.2 Å². The summed E-state index contributed by atoms with van der Waals surface area (Å²) < 4.78 is 13.4. The molecule has 2 aromatic carbocycles. The SMILES string of the molecule is O=C(Nc1ccc(C#CCO)cc1)c1ccccc1F. The first-order valence-corrected chi connectivity index (χ1v) is 5.96. The van der Waals surface area contributed by atoms with Gasteiger partial charge in [-0.05, 0) is 36.4 Å². The Bertz CT molecular complexity index is 669. The summed E-state index contributed by atoms with van der Waals surface area (Å²) in [6.45, 7) is -0.203. The summed E-state index contributed by atoms with van der Waals surface area (Å²) in [5.41, 5.74) is 1.27. The standard InChI is InChI=1S/C16H12FNO2/c17-15-6-2-1-5-14(15)16(20)18-13-9-7-12(8-10-13)4-3-11-19/h1-2,5-10,19H,11H2,(H,18,20). The molecule has 0 aliphatic carbocycles. The molecule has 0 fully saturated rings. The lowest BCUT2D eigenvalue weighted by Crippen LogP contribution is -2.13. The van der Waals surface area contributed by atoms with Crippen molar-refractivity contribution >= 4 is 11.6 Å². The predicted molar refractivity (Wildman–Crippen MR) is 74.8 cm³/mol. The number of aliphatic hydroxyl groups excluding tert-OH is 1. The molecule has 0 aromatic heterocycles. The van der Waals surface area contributed by atoms with Gasteiger partial charge in [0.1, 0.15) is 12.4 Å². The molecule has 2 N–H and O–H groups in total. The number of hydrogen-bond acceptors (Lipinski definition) is 2. The number of anilines is 1. The van der Waals surface area contributed by atoms with Gasteiger partial charge in [0.05, 0.1) is 5.56 Å². The third-order valence-electron chi connectivity index (χ3n) is 2.57. The second-order valence-electron chi connectivity index (χ2n) is 3.97. The summed E-state index contributed by atoms with van der Waals surface area (Å²) in [6.07, 6.45) is 0. The molecule has 0 aliphatic heterocycles. The van der Waals surface area contributed by atoms with E-state index < -0.39 is 11.7 Å². The Morgan fingerprint density at radius 1 is 1.15 bits per heavy atom. The molecule has 2 rings (SSSR count). The van der Waals surface area contributed by atoms with Crippen molar-refractivity contribution in [2.75, 3.05) is 11.9 Å². The number of hydrogen-bond donors (Lipinski definition) is 2. The van der Waals surface area contributed by atoms with Crippen molar-refractivity contribution in [2.45, 2.75) is 0 Å². The van der Waals surface area contributed by atoms with E-state index in [0.717, 1.165) is 5.56 Å². The molecule has 100 valence electrons. The third kappa shape index (κ3) is 3.44. The monoisotopic (exact) mass is 269 g/mol. The van der Waals surface area contributed by atoms with E-state index in [0.29, 0.717) is 5.69 Å². The molecule has 0 spiro atoms. The van der Waals surface area contributed by atoms with E-state index in [1.54, 1.807) is 30.3 Å².